The van der Waals surface area contributed by atoms with Gasteiger partial charge in [0.1, 0.15) is 5.01 Å². The highest BCUT2D eigenvalue weighted by atomic mass is 32.1. The van der Waals surface area contributed by atoms with Gasteiger partial charge in [-0.25, -0.2) is 9.50 Å². The Bertz CT molecular complexity index is 455. The molecule has 0 aliphatic rings. The summed E-state index contributed by atoms with van der Waals surface area (Å²) in [5.74, 6) is 0. The zero-order valence-corrected chi connectivity index (χ0v) is 11.0. The van der Waals surface area contributed by atoms with Crippen LogP contribution in [0.5, 0.6) is 0 Å². The van der Waals surface area contributed by atoms with Crippen molar-refractivity contribution in [3.63, 3.8) is 0 Å². The van der Waals surface area contributed by atoms with Crippen molar-refractivity contribution >= 4 is 16.3 Å². The van der Waals surface area contributed by atoms with Gasteiger partial charge >= 0.3 is 0 Å². The van der Waals surface area contributed by atoms with E-state index in [1.54, 1.807) is 11.3 Å². The molecule has 2 aromatic heterocycles. The van der Waals surface area contributed by atoms with Gasteiger partial charge in [0.2, 0.25) is 4.96 Å². The van der Waals surface area contributed by atoms with Gasteiger partial charge in [0.05, 0.1) is 18.5 Å². The molecule has 16 heavy (non-hydrogen) atoms. The Hall–Kier alpha value is -0.940. The fourth-order valence-electron chi connectivity index (χ4n) is 1.50. The van der Waals surface area contributed by atoms with E-state index in [0.717, 1.165) is 22.3 Å². The Morgan fingerprint density at radius 2 is 2.25 bits per heavy atom. The molecule has 0 bridgehead atoms. The van der Waals surface area contributed by atoms with Crippen LogP contribution in [0.25, 0.3) is 4.96 Å². The SMILES string of the molecule is CCOCC(C)(C)c1nn2cc(C)nc2s1. The van der Waals surface area contributed by atoms with Crippen molar-refractivity contribution in [3.05, 3.63) is 16.9 Å². The molecule has 0 radical (unpaired) electrons. The molecule has 0 spiro atoms. The van der Waals surface area contributed by atoms with E-state index in [2.05, 4.69) is 23.9 Å². The third kappa shape index (κ3) is 2.10. The number of ether oxygens (including phenoxy) is 1. The van der Waals surface area contributed by atoms with E-state index < -0.39 is 0 Å². The molecule has 0 fully saturated rings. The van der Waals surface area contributed by atoms with E-state index in [9.17, 15) is 0 Å². The maximum Gasteiger partial charge on any atom is 0.212 e. The summed E-state index contributed by atoms with van der Waals surface area (Å²) in [4.78, 5) is 5.36. The van der Waals surface area contributed by atoms with E-state index in [-0.39, 0.29) is 5.41 Å². The Kier molecular flexibility index (Phi) is 2.99. The highest BCUT2D eigenvalue weighted by molar-refractivity contribution is 7.16. The number of nitrogens with zero attached hydrogens (tertiary/aromatic N) is 3. The van der Waals surface area contributed by atoms with Crippen molar-refractivity contribution in [2.24, 2.45) is 0 Å². The average Bonchev–Trinajstić information content (AvgIpc) is 2.71. The van der Waals surface area contributed by atoms with Crippen molar-refractivity contribution in [2.75, 3.05) is 13.2 Å². The molecule has 0 unspecified atom stereocenters. The molecular formula is C11H17N3OS. The van der Waals surface area contributed by atoms with Crippen LogP contribution in [-0.2, 0) is 10.2 Å². The molecule has 0 amide bonds. The number of imidazole rings is 1. The molecule has 5 heteroatoms. The van der Waals surface area contributed by atoms with Gasteiger partial charge in [-0.3, -0.25) is 0 Å². The van der Waals surface area contributed by atoms with Crippen LogP contribution >= 0.6 is 11.3 Å². The minimum Gasteiger partial charge on any atom is -0.381 e. The second kappa shape index (κ2) is 4.14. The first kappa shape index (κ1) is 11.5. The lowest BCUT2D eigenvalue weighted by atomic mass is 9.96. The monoisotopic (exact) mass is 239 g/mol. The smallest absolute Gasteiger partial charge is 0.212 e. The van der Waals surface area contributed by atoms with Gasteiger partial charge in [-0.2, -0.15) is 5.10 Å². The fraction of sp³-hybridized carbons (Fsp3) is 0.636. The molecular weight excluding hydrogens is 222 g/mol. The fourth-order valence-corrected chi connectivity index (χ4v) is 2.52. The van der Waals surface area contributed by atoms with Gasteiger partial charge in [-0.1, -0.05) is 25.2 Å². The Labute approximate surface area is 99.3 Å². The van der Waals surface area contributed by atoms with Crippen LogP contribution in [0.4, 0.5) is 0 Å². The third-order valence-corrected chi connectivity index (χ3v) is 3.70. The number of rotatable bonds is 4. The lowest BCUT2D eigenvalue weighted by Gasteiger charge is -2.20. The summed E-state index contributed by atoms with van der Waals surface area (Å²) in [6.07, 6.45) is 1.95. The van der Waals surface area contributed by atoms with Crippen LogP contribution in [0.2, 0.25) is 0 Å². The molecule has 0 aliphatic heterocycles. The molecule has 2 aromatic rings. The second-order valence-corrected chi connectivity index (χ2v) is 5.49. The summed E-state index contributed by atoms with van der Waals surface area (Å²) in [6.45, 7) is 9.71. The summed E-state index contributed by atoms with van der Waals surface area (Å²) < 4.78 is 7.34. The predicted octanol–water partition coefficient (Wildman–Crippen LogP) is 2.41. The maximum atomic E-state index is 5.49. The van der Waals surface area contributed by atoms with Crippen LogP contribution in [0, 0.1) is 6.92 Å². The lowest BCUT2D eigenvalue weighted by Crippen LogP contribution is -2.24. The van der Waals surface area contributed by atoms with E-state index in [0.29, 0.717) is 6.61 Å². The minimum atomic E-state index is -0.0463. The Morgan fingerprint density at radius 1 is 1.50 bits per heavy atom. The first-order valence-corrected chi connectivity index (χ1v) is 6.25. The van der Waals surface area contributed by atoms with Crippen LogP contribution < -0.4 is 0 Å². The van der Waals surface area contributed by atoms with Gasteiger partial charge in [0.15, 0.2) is 0 Å². The molecule has 88 valence electrons. The maximum absolute atomic E-state index is 5.49. The molecule has 0 aromatic carbocycles. The van der Waals surface area contributed by atoms with Crippen LogP contribution in [0.15, 0.2) is 6.20 Å². The third-order valence-electron chi connectivity index (χ3n) is 2.41. The average molecular weight is 239 g/mol. The molecule has 0 aliphatic carbocycles. The highest BCUT2D eigenvalue weighted by Crippen LogP contribution is 2.28. The van der Waals surface area contributed by atoms with Gasteiger partial charge in [-0.15, -0.1) is 0 Å². The number of hydrogen-bond donors (Lipinski definition) is 0. The minimum absolute atomic E-state index is 0.0463. The summed E-state index contributed by atoms with van der Waals surface area (Å²) in [6, 6.07) is 0. The largest absolute Gasteiger partial charge is 0.381 e. The van der Waals surface area contributed by atoms with E-state index in [1.165, 1.54) is 0 Å². The summed E-state index contributed by atoms with van der Waals surface area (Å²) in [5, 5.41) is 5.62. The molecule has 0 saturated heterocycles. The standard InChI is InChI=1S/C11H17N3OS/c1-5-15-7-11(3,4)9-13-14-6-8(2)12-10(14)16-9/h6H,5,7H2,1-4H3. The number of fused-ring (bicyclic) bond motifs is 1. The van der Waals surface area contributed by atoms with Crippen LogP contribution in [-0.4, -0.2) is 27.8 Å². The zero-order chi connectivity index (χ0) is 11.8. The van der Waals surface area contributed by atoms with Gasteiger partial charge in [0.25, 0.3) is 0 Å². The first-order chi connectivity index (χ1) is 7.53. The van der Waals surface area contributed by atoms with Crippen molar-refractivity contribution in [3.8, 4) is 0 Å². The highest BCUT2D eigenvalue weighted by Gasteiger charge is 2.26. The van der Waals surface area contributed by atoms with E-state index in [4.69, 9.17) is 4.74 Å². The zero-order valence-electron chi connectivity index (χ0n) is 10.1. The van der Waals surface area contributed by atoms with Gasteiger partial charge < -0.3 is 4.74 Å². The van der Waals surface area contributed by atoms with Crippen molar-refractivity contribution in [2.45, 2.75) is 33.1 Å². The van der Waals surface area contributed by atoms with Crippen LogP contribution in [0.1, 0.15) is 31.5 Å². The summed E-state index contributed by atoms with van der Waals surface area (Å²) in [5.41, 5.74) is 0.961. The number of aryl methyl sites for hydroxylation is 1. The molecule has 2 heterocycles. The quantitative estimate of drug-likeness (QED) is 0.822. The summed E-state index contributed by atoms with van der Waals surface area (Å²) >= 11 is 1.64. The van der Waals surface area contributed by atoms with Gasteiger partial charge in [-0.05, 0) is 13.8 Å². The summed E-state index contributed by atoms with van der Waals surface area (Å²) in [7, 11) is 0. The van der Waals surface area contributed by atoms with E-state index >= 15 is 0 Å². The number of hydrogen-bond acceptors (Lipinski definition) is 4. The van der Waals surface area contributed by atoms with Crippen molar-refractivity contribution < 1.29 is 4.74 Å². The van der Waals surface area contributed by atoms with Gasteiger partial charge in [0, 0.05) is 12.0 Å². The van der Waals surface area contributed by atoms with Crippen LogP contribution in [0.3, 0.4) is 0 Å². The molecule has 0 atom stereocenters. The number of aromatic nitrogens is 3. The first-order valence-electron chi connectivity index (χ1n) is 5.44. The second-order valence-electron chi connectivity index (χ2n) is 4.54. The predicted molar refractivity (Wildman–Crippen MR) is 65.1 cm³/mol. The molecule has 0 saturated carbocycles. The lowest BCUT2D eigenvalue weighted by molar-refractivity contribution is 0.105. The topological polar surface area (TPSA) is 39.4 Å². The van der Waals surface area contributed by atoms with E-state index in [1.807, 2.05) is 24.6 Å². The Morgan fingerprint density at radius 3 is 2.88 bits per heavy atom. The molecule has 2 rings (SSSR count). The normalized spacial score (nSPS) is 12.5. The van der Waals surface area contributed by atoms with Crippen molar-refractivity contribution in [1.29, 1.82) is 0 Å². The molecule has 4 nitrogen and oxygen atoms in total. The van der Waals surface area contributed by atoms with Crippen molar-refractivity contribution in [1.82, 2.24) is 14.6 Å². The molecule has 0 N–H and O–H groups in total. The Balaban J connectivity index is 2.28.